The lowest BCUT2D eigenvalue weighted by Gasteiger charge is -2.06. The van der Waals surface area contributed by atoms with Crippen molar-refractivity contribution in [3.05, 3.63) is 61.8 Å². The number of aryl methyl sites for hydroxylation is 1. The van der Waals surface area contributed by atoms with Crippen LogP contribution < -0.4 is 11.1 Å². The van der Waals surface area contributed by atoms with Gasteiger partial charge in [0.15, 0.2) is 4.96 Å². The molecule has 0 saturated heterocycles. The average molecular weight is 388 g/mol. The maximum Gasteiger partial charge on any atom is 0.307 e. The summed E-state index contributed by atoms with van der Waals surface area (Å²) in [7, 11) is 0. The SMILES string of the molecule is O=C(CCn1cnc2sccc2c1=O)OCc1cc(=O)n2ccsc2n1. The molecule has 132 valence electrons. The molecule has 26 heavy (non-hydrogen) atoms. The lowest BCUT2D eigenvalue weighted by atomic mass is 10.3. The summed E-state index contributed by atoms with van der Waals surface area (Å²) in [5.41, 5.74) is -0.00444. The Balaban J connectivity index is 1.39. The Labute approximate surface area is 154 Å². The first-order chi connectivity index (χ1) is 12.6. The van der Waals surface area contributed by atoms with Crippen molar-refractivity contribution in [2.75, 3.05) is 0 Å². The second-order valence-electron chi connectivity index (χ2n) is 5.43. The van der Waals surface area contributed by atoms with Crippen LogP contribution >= 0.6 is 22.7 Å². The van der Waals surface area contributed by atoms with E-state index in [1.807, 2.05) is 0 Å². The van der Waals surface area contributed by atoms with Crippen LogP contribution in [0.5, 0.6) is 0 Å². The lowest BCUT2D eigenvalue weighted by molar-refractivity contribution is -0.145. The van der Waals surface area contributed by atoms with Gasteiger partial charge in [-0.2, -0.15) is 0 Å². The number of carbonyl (C=O) groups is 1. The summed E-state index contributed by atoms with van der Waals surface area (Å²) in [5.74, 6) is -0.476. The highest BCUT2D eigenvalue weighted by Gasteiger charge is 2.10. The predicted molar refractivity (Wildman–Crippen MR) is 97.6 cm³/mol. The van der Waals surface area contributed by atoms with Gasteiger partial charge in [0.1, 0.15) is 11.4 Å². The third kappa shape index (κ3) is 3.16. The first kappa shape index (κ1) is 16.6. The fourth-order valence-corrected chi connectivity index (χ4v) is 3.91. The molecule has 0 spiro atoms. The minimum absolute atomic E-state index is 0.0253. The molecule has 0 aliphatic rings. The summed E-state index contributed by atoms with van der Waals surface area (Å²) >= 11 is 2.72. The molecular formula is C16H12N4O4S2. The van der Waals surface area contributed by atoms with E-state index >= 15 is 0 Å². The van der Waals surface area contributed by atoms with E-state index in [-0.39, 0.29) is 30.7 Å². The van der Waals surface area contributed by atoms with E-state index in [2.05, 4.69) is 9.97 Å². The Morgan fingerprint density at radius 3 is 3.00 bits per heavy atom. The second kappa shape index (κ2) is 6.81. The first-order valence-corrected chi connectivity index (χ1v) is 9.42. The van der Waals surface area contributed by atoms with Crippen molar-refractivity contribution in [1.29, 1.82) is 0 Å². The van der Waals surface area contributed by atoms with Gasteiger partial charge in [-0.3, -0.25) is 23.4 Å². The fourth-order valence-electron chi connectivity index (χ4n) is 2.45. The molecule has 4 rings (SSSR count). The van der Waals surface area contributed by atoms with E-state index in [1.165, 1.54) is 44.0 Å². The Morgan fingerprint density at radius 2 is 2.12 bits per heavy atom. The van der Waals surface area contributed by atoms with Crippen molar-refractivity contribution in [3.8, 4) is 0 Å². The number of esters is 1. The summed E-state index contributed by atoms with van der Waals surface area (Å²) in [4.78, 5) is 45.8. The Hall–Kier alpha value is -2.85. The van der Waals surface area contributed by atoms with Gasteiger partial charge in [-0.25, -0.2) is 9.97 Å². The van der Waals surface area contributed by atoms with Gasteiger partial charge in [-0.15, -0.1) is 22.7 Å². The molecule has 0 aliphatic carbocycles. The Bertz CT molecular complexity index is 1220. The zero-order valence-electron chi connectivity index (χ0n) is 13.3. The minimum Gasteiger partial charge on any atom is -0.459 e. The zero-order chi connectivity index (χ0) is 18.1. The van der Waals surface area contributed by atoms with Crippen LogP contribution in [-0.2, 0) is 22.7 Å². The third-order valence-electron chi connectivity index (χ3n) is 3.74. The van der Waals surface area contributed by atoms with Crippen LogP contribution in [0, 0.1) is 0 Å². The van der Waals surface area contributed by atoms with E-state index in [0.717, 1.165) is 0 Å². The minimum atomic E-state index is -0.476. The molecular weight excluding hydrogens is 376 g/mol. The van der Waals surface area contributed by atoms with Gasteiger partial charge in [0.2, 0.25) is 0 Å². The summed E-state index contributed by atoms with van der Waals surface area (Å²) in [6, 6.07) is 3.06. The Kier molecular flexibility index (Phi) is 4.35. The highest BCUT2D eigenvalue weighted by Crippen LogP contribution is 2.13. The topological polar surface area (TPSA) is 95.6 Å². The van der Waals surface area contributed by atoms with Crippen LogP contribution in [0.1, 0.15) is 12.1 Å². The maximum atomic E-state index is 12.2. The smallest absolute Gasteiger partial charge is 0.307 e. The van der Waals surface area contributed by atoms with Gasteiger partial charge in [-0.1, -0.05) is 0 Å². The van der Waals surface area contributed by atoms with Gasteiger partial charge in [-0.05, 0) is 11.4 Å². The van der Waals surface area contributed by atoms with Gasteiger partial charge >= 0.3 is 5.97 Å². The molecule has 0 bridgehead atoms. The highest BCUT2D eigenvalue weighted by molar-refractivity contribution is 7.16. The van der Waals surface area contributed by atoms with Crippen molar-refractivity contribution >= 4 is 43.8 Å². The molecule has 0 fully saturated rings. The molecule has 0 atom stereocenters. The molecule has 0 saturated carbocycles. The normalized spacial score (nSPS) is 11.2. The van der Waals surface area contributed by atoms with Crippen LogP contribution in [0.3, 0.4) is 0 Å². The van der Waals surface area contributed by atoms with Crippen LogP contribution in [-0.4, -0.2) is 24.9 Å². The second-order valence-corrected chi connectivity index (χ2v) is 7.20. The quantitative estimate of drug-likeness (QED) is 0.483. The average Bonchev–Trinajstić information content (AvgIpc) is 3.29. The standard InChI is InChI=1S/C16H12N4O4S2/c21-12-7-10(18-16-20(12)4-6-26-16)8-24-13(22)1-3-19-9-17-14-11(15(19)23)2-5-25-14/h2,4-7,9H,1,3,8H2. The molecule has 0 unspecified atom stereocenters. The number of hydrogen-bond acceptors (Lipinski definition) is 8. The maximum absolute atomic E-state index is 12.2. The summed E-state index contributed by atoms with van der Waals surface area (Å²) in [6.07, 6.45) is 3.10. The van der Waals surface area contributed by atoms with Gasteiger partial charge in [0.05, 0.1) is 23.8 Å². The van der Waals surface area contributed by atoms with Gasteiger partial charge in [0, 0.05) is 24.2 Å². The largest absolute Gasteiger partial charge is 0.459 e. The van der Waals surface area contributed by atoms with E-state index in [9.17, 15) is 14.4 Å². The van der Waals surface area contributed by atoms with E-state index < -0.39 is 5.97 Å². The van der Waals surface area contributed by atoms with Crippen molar-refractivity contribution in [2.45, 2.75) is 19.6 Å². The molecule has 10 heteroatoms. The summed E-state index contributed by atoms with van der Waals surface area (Å²) < 4.78 is 7.98. The summed E-state index contributed by atoms with van der Waals surface area (Å²) in [6.45, 7) is 0.0929. The number of thiophene rings is 1. The number of hydrogen-bond donors (Lipinski definition) is 0. The van der Waals surface area contributed by atoms with Crippen molar-refractivity contribution in [1.82, 2.24) is 18.9 Å². The molecule has 0 radical (unpaired) electrons. The monoisotopic (exact) mass is 388 g/mol. The number of thiazole rings is 1. The van der Waals surface area contributed by atoms with Crippen LogP contribution in [0.4, 0.5) is 0 Å². The molecule has 4 aromatic rings. The number of nitrogens with zero attached hydrogens (tertiary/aromatic N) is 4. The van der Waals surface area contributed by atoms with E-state index in [1.54, 1.807) is 23.0 Å². The van der Waals surface area contributed by atoms with Crippen LogP contribution in [0.25, 0.3) is 15.2 Å². The molecule has 0 amide bonds. The molecule has 8 nitrogen and oxygen atoms in total. The first-order valence-electron chi connectivity index (χ1n) is 7.66. The number of ether oxygens (including phenoxy) is 1. The van der Waals surface area contributed by atoms with Gasteiger partial charge in [0.25, 0.3) is 11.1 Å². The van der Waals surface area contributed by atoms with Crippen LogP contribution in [0.2, 0.25) is 0 Å². The molecule has 4 heterocycles. The predicted octanol–water partition coefficient (Wildman–Crippen LogP) is 1.66. The lowest BCUT2D eigenvalue weighted by Crippen LogP contribution is -2.22. The molecule has 0 N–H and O–H groups in total. The molecule has 4 aromatic heterocycles. The Morgan fingerprint density at radius 1 is 1.23 bits per heavy atom. The fraction of sp³-hybridized carbons (Fsp3) is 0.188. The van der Waals surface area contributed by atoms with Crippen molar-refractivity contribution < 1.29 is 9.53 Å². The summed E-state index contributed by atoms with van der Waals surface area (Å²) in [5, 5.41) is 4.10. The zero-order valence-corrected chi connectivity index (χ0v) is 15.0. The number of fused-ring (bicyclic) bond motifs is 2. The van der Waals surface area contributed by atoms with Crippen molar-refractivity contribution in [2.24, 2.45) is 0 Å². The number of carbonyl (C=O) groups excluding carboxylic acids is 1. The number of rotatable bonds is 5. The van der Waals surface area contributed by atoms with Crippen LogP contribution in [0.15, 0.2) is 45.0 Å². The van der Waals surface area contributed by atoms with E-state index in [4.69, 9.17) is 4.74 Å². The third-order valence-corrected chi connectivity index (χ3v) is 5.32. The van der Waals surface area contributed by atoms with Gasteiger partial charge < -0.3 is 4.74 Å². The molecule has 0 aliphatic heterocycles. The molecule has 0 aromatic carbocycles. The van der Waals surface area contributed by atoms with Crippen molar-refractivity contribution in [3.63, 3.8) is 0 Å². The highest BCUT2D eigenvalue weighted by atomic mass is 32.1. The number of aromatic nitrogens is 4. The van der Waals surface area contributed by atoms with E-state index in [0.29, 0.717) is 20.9 Å².